The van der Waals surface area contributed by atoms with Crippen LogP contribution >= 0.6 is 22.9 Å². The van der Waals surface area contributed by atoms with Crippen molar-refractivity contribution in [2.45, 2.75) is 6.04 Å². The zero-order chi connectivity index (χ0) is 10.6. The van der Waals surface area contributed by atoms with Gasteiger partial charge in [-0.05, 0) is 0 Å². The van der Waals surface area contributed by atoms with E-state index in [1.165, 1.54) is 0 Å². The van der Waals surface area contributed by atoms with Crippen molar-refractivity contribution in [1.82, 2.24) is 4.98 Å². The molecule has 14 heavy (non-hydrogen) atoms. The van der Waals surface area contributed by atoms with E-state index in [9.17, 15) is 0 Å². The lowest BCUT2D eigenvalue weighted by Gasteiger charge is -2.07. The van der Waals surface area contributed by atoms with Gasteiger partial charge in [-0.25, -0.2) is 4.98 Å². The predicted molar refractivity (Wildman–Crippen MR) is 55.4 cm³/mol. The first-order chi connectivity index (χ1) is 6.67. The van der Waals surface area contributed by atoms with Crippen molar-refractivity contribution in [2.75, 3.05) is 18.5 Å². The van der Waals surface area contributed by atoms with Gasteiger partial charge in [0.05, 0.1) is 6.61 Å². The fourth-order valence-corrected chi connectivity index (χ4v) is 1.68. The van der Waals surface area contributed by atoms with E-state index in [4.69, 9.17) is 27.7 Å². The van der Waals surface area contributed by atoms with Crippen LogP contribution in [0, 0.1) is 11.3 Å². The Morgan fingerprint density at radius 2 is 2.50 bits per heavy atom. The van der Waals surface area contributed by atoms with E-state index in [0.29, 0.717) is 16.6 Å². The molecule has 1 aromatic heterocycles. The van der Waals surface area contributed by atoms with Gasteiger partial charge in [0.1, 0.15) is 10.9 Å². The van der Waals surface area contributed by atoms with Crippen LogP contribution in [0.2, 0.25) is 5.15 Å². The van der Waals surface area contributed by atoms with E-state index in [2.05, 4.69) is 10.3 Å². The molecule has 7 heteroatoms. The third kappa shape index (κ3) is 2.82. The Morgan fingerprint density at radius 3 is 3.00 bits per heavy atom. The number of anilines is 1. The second kappa shape index (κ2) is 5.12. The molecule has 5 nitrogen and oxygen atoms in total. The van der Waals surface area contributed by atoms with Crippen molar-refractivity contribution >= 4 is 28.1 Å². The molecule has 1 heterocycles. The van der Waals surface area contributed by atoms with Gasteiger partial charge in [-0.1, -0.05) is 22.9 Å². The number of nitrogens with two attached hydrogens (primary N) is 1. The molecule has 0 saturated carbocycles. The fraction of sp³-hybridized carbons (Fsp3) is 0.429. The Balaban J connectivity index is 2.56. The molecule has 1 unspecified atom stereocenters. The van der Waals surface area contributed by atoms with Crippen LogP contribution in [-0.4, -0.2) is 29.3 Å². The summed E-state index contributed by atoms with van der Waals surface area (Å²) in [6.45, 7) is 0.294. The largest absolute Gasteiger partial charge is 0.395 e. The molecule has 1 rings (SSSR count). The molecule has 0 fully saturated rings. The van der Waals surface area contributed by atoms with Crippen LogP contribution in [0.4, 0.5) is 5.13 Å². The van der Waals surface area contributed by atoms with Crippen LogP contribution in [0.25, 0.3) is 0 Å². The lowest BCUT2D eigenvalue weighted by molar-refractivity contribution is 0.270. The number of halogens is 1. The molecule has 0 aliphatic heterocycles. The first-order valence-electron chi connectivity index (χ1n) is 3.84. The number of aliphatic hydroxyl groups is 1. The summed E-state index contributed by atoms with van der Waals surface area (Å²) in [4.78, 5) is 4.27. The van der Waals surface area contributed by atoms with Crippen LogP contribution in [0.15, 0.2) is 0 Å². The van der Waals surface area contributed by atoms with E-state index in [0.717, 1.165) is 11.3 Å². The first kappa shape index (κ1) is 11.2. The van der Waals surface area contributed by atoms with Crippen LogP contribution in [0.1, 0.15) is 4.88 Å². The molecule has 1 atom stereocenters. The zero-order valence-corrected chi connectivity index (χ0v) is 8.77. The number of nitrogens with zero attached hydrogens (tertiary/aromatic N) is 2. The van der Waals surface area contributed by atoms with E-state index in [1.54, 1.807) is 0 Å². The van der Waals surface area contributed by atoms with Gasteiger partial charge >= 0.3 is 0 Å². The minimum atomic E-state index is -0.344. The van der Waals surface area contributed by atoms with Gasteiger partial charge in [-0.15, -0.1) is 0 Å². The van der Waals surface area contributed by atoms with Gasteiger partial charge in [-0.3, -0.25) is 0 Å². The number of thiazole rings is 1. The Labute approximate surface area is 90.1 Å². The molecule has 76 valence electrons. The molecule has 0 bridgehead atoms. The SMILES string of the molecule is N#Cc1sc(NCC(N)CO)nc1Cl. The maximum absolute atomic E-state index is 8.66. The highest BCUT2D eigenvalue weighted by molar-refractivity contribution is 7.16. The van der Waals surface area contributed by atoms with E-state index in [1.807, 2.05) is 6.07 Å². The monoisotopic (exact) mass is 232 g/mol. The average molecular weight is 233 g/mol. The van der Waals surface area contributed by atoms with E-state index >= 15 is 0 Å². The second-order valence-electron chi connectivity index (χ2n) is 2.57. The Hall–Kier alpha value is -0.870. The van der Waals surface area contributed by atoms with Gasteiger partial charge < -0.3 is 16.2 Å². The van der Waals surface area contributed by atoms with Gasteiger partial charge in [-0.2, -0.15) is 5.26 Å². The van der Waals surface area contributed by atoms with Crippen LogP contribution in [0.5, 0.6) is 0 Å². The molecule has 4 N–H and O–H groups in total. The molecule has 0 aliphatic carbocycles. The van der Waals surface area contributed by atoms with Gasteiger partial charge in [0, 0.05) is 12.6 Å². The van der Waals surface area contributed by atoms with Crippen molar-refractivity contribution in [3.63, 3.8) is 0 Å². The summed E-state index contributed by atoms with van der Waals surface area (Å²) in [6.07, 6.45) is 0. The second-order valence-corrected chi connectivity index (χ2v) is 3.93. The number of aromatic nitrogens is 1. The minimum absolute atomic E-state index is 0.1000. The van der Waals surface area contributed by atoms with Gasteiger partial charge in [0.2, 0.25) is 0 Å². The summed E-state index contributed by atoms with van der Waals surface area (Å²) in [7, 11) is 0. The molecule has 0 amide bonds. The molecule has 0 aliphatic rings. The summed E-state index contributed by atoms with van der Waals surface area (Å²) < 4.78 is 0. The highest BCUT2D eigenvalue weighted by Crippen LogP contribution is 2.25. The average Bonchev–Trinajstić information content (AvgIpc) is 2.55. The van der Waals surface area contributed by atoms with Crippen LogP contribution in [0.3, 0.4) is 0 Å². The van der Waals surface area contributed by atoms with E-state index in [-0.39, 0.29) is 17.8 Å². The standard InChI is InChI=1S/C7H9ClN4OS/c8-6-5(1-9)14-7(12-6)11-2-4(10)3-13/h4,13H,2-3,10H2,(H,11,12). The summed E-state index contributed by atoms with van der Waals surface area (Å²) >= 11 is 6.81. The normalized spacial score (nSPS) is 12.1. The summed E-state index contributed by atoms with van der Waals surface area (Å²) in [6, 6.07) is 1.58. The molecular formula is C7H9ClN4OS. The predicted octanol–water partition coefficient (Wildman–Crippen LogP) is 0.400. The Bertz CT molecular complexity index is 348. The molecule has 1 aromatic rings. The van der Waals surface area contributed by atoms with E-state index < -0.39 is 0 Å². The van der Waals surface area contributed by atoms with Crippen molar-refractivity contribution < 1.29 is 5.11 Å². The summed E-state index contributed by atoms with van der Waals surface area (Å²) in [5.41, 5.74) is 5.46. The van der Waals surface area contributed by atoms with Crippen molar-refractivity contribution in [1.29, 1.82) is 5.26 Å². The Kier molecular flexibility index (Phi) is 4.10. The smallest absolute Gasteiger partial charge is 0.185 e. The molecule has 0 aromatic carbocycles. The highest BCUT2D eigenvalue weighted by Gasteiger charge is 2.08. The lowest BCUT2D eigenvalue weighted by atomic mass is 10.3. The number of nitriles is 1. The third-order valence-electron chi connectivity index (χ3n) is 1.44. The maximum Gasteiger partial charge on any atom is 0.185 e. The van der Waals surface area contributed by atoms with Crippen molar-refractivity contribution in [3.8, 4) is 6.07 Å². The summed E-state index contributed by atoms with van der Waals surface area (Å²) in [5, 5.41) is 20.9. The Morgan fingerprint density at radius 1 is 1.79 bits per heavy atom. The molecular weight excluding hydrogens is 224 g/mol. The number of nitrogens with one attached hydrogen (secondary N) is 1. The number of rotatable bonds is 4. The quantitative estimate of drug-likeness (QED) is 0.699. The molecule has 0 radical (unpaired) electrons. The summed E-state index contributed by atoms with van der Waals surface area (Å²) in [5.74, 6) is 0. The minimum Gasteiger partial charge on any atom is -0.395 e. The molecule has 0 saturated heterocycles. The third-order valence-corrected chi connectivity index (χ3v) is 2.74. The topological polar surface area (TPSA) is 95.0 Å². The van der Waals surface area contributed by atoms with Crippen molar-refractivity contribution in [3.05, 3.63) is 10.0 Å². The van der Waals surface area contributed by atoms with Crippen molar-refractivity contribution in [2.24, 2.45) is 5.73 Å². The highest BCUT2D eigenvalue weighted by atomic mass is 35.5. The number of hydrogen-bond acceptors (Lipinski definition) is 6. The maximum atomic E-state index is 8.66. The van der Waals surface area contributed by atoms with Crippen LogP contribution < -0.4 is 11.1 Å². The number of hydrogen-bond donors (Lipinski definition) is 3. The fourth-order valence-electron chi connectivity index (χ4n) is 0.729. The van der Waals surface area contributed by atoms with Gasteiger partial charge in [0.25, 0.3) is 0 Å². The molecule has 0 spiro atoms. The lowest BCUT2D eigenvalue weighted by Crippen LogP contribution is -2.32. The van der Waals surface area contributed by atoms with Gasteiger partial charge in [0.15, 0.2) is 10.3 Å². The zero-order valence-electron chi connectivity index (χ0n) is 7.20. The van der Waals surface area contributed by atoms with Crippen LogP contribution in [-0.2, 0) is 0 Å². The number of aliphatic hydroxyl groups excluding tert-OH is 1. The first-order valence-corrected chi connectivity index (χ1v) is 5.03.